The first kappa shape index (κ1) is 17.5. The Morgan fingerprint density at radius 1 is 1.12 bits per heavy atom. The summed E-state index contributed by atoms with van der Waals surface area (Å²) in [6, 6.07) is 17.2. The number of hydrogen-bond acceptors (Lipinski definition) is 4. The average Bonchev–Trinajstić information content (AvgIpc) is 3.01. The van der Waals surface area contributed by atoms with Crippen LogP contribution < -0.4 is 5.32 Å². The van der Waals surface area contributed by atoms with Crippen LogP contribution in [-0.4, -0.2) is 26.4 Å². The molecule has 5 nitrogen and oxygen atoms in total. The van der Waals surface area contributed by atoms with Gasteiger partial charge in [-0.1, -0.05) is 65.8 Å². The van der Waals surface area contributed by atoms with Crippen LogP contribution in [0.25, 0.3) is 11.4 Å². The van der Waals surface area contributed by atoms with Crippen molar-refractivity contribution in [2.24, 2.45) is 7.05 Å². The first-order valence-corrected chi connectivity index (χ1v) is 9.08. The predicted octanol–water partition coefficient (Wildman–Crippen LogP) is 3.54. The second-order valence-electron chi connectivity index (χ2n) is 5.42. The molecule has 7 heteroatoms. The predicted molar refractivity (Wildman–Crippen MR) is 100 cm³/mol. The number of hydrogen-bond donors (Lipinski definition) is 1. The Morgan fingerprint density at radius 2 is 1.84 bits per heavy atom. The molecule has 1 aromatic heterocycles. The highest BCUT2D eigenvalue weighted by Crippen LogP contribution is 2.22. The SMILES string of the molecule is Cn1c(SCC(=O)NCc2ccc(Cl)cc2)nnc1-c1ccccc1. The Bertz CT molecular complexity index is 849. The number of rotatable bonds is 6. The quantitative estimate of drug-likeness (QED) is 0.672. The van der Waals surface area contributed by atoms with E-state index in [1.807, 2.05) is 66.2 Å². The number of aromatic nitrogens is 3. The third-order valence-corrected chi connectivity index (χ3v) is 4.87. The maximum atomic E-state index is 12.0. The third-order valence-electron chi connectivity index (χ3n) is 3.60. The van der Waals surface area contributed by atoms with Gasteiger partial charge in [0.1, 0.15) is 0 Å². The molecule has 0 atom stereocenters. The van der Waals surface area contributed by atoms with Crippen molar-refractivity contribution in [2.45, 2.75) is 11.7 Å². The van der Waals surface area contributed by atoms with Gasteiger partial charge in [-0.3, -0.25) is 4.79 Å². The van der Waals surface area contributed by atoms with Crippen LogP contribution in [0.5, 0.6) is 0 Å². The smallest absolute Gasteiger partial charge is 0.230 e. The molecule has 0 aliphatic rings. The van der Waals surface area contributed by atoms with Crippen molar-refractivity contribution in [3.8, 4) is 11.4 Å². The van der Waals surface area contributed by atoms with Crippen LogP contribution in [-0.2, 0) is 18.4 Å². The molecule has 0 saturated carbocycles. The Balaban J connectivity index is 1.54. The number of carbonyl (C=O) groups is 1. The summed E-state index contributed by atoms with van der Waals surface area (Å²) in [6.07, 6.45) is 0. The zero-order chi connectivity index (χ0) is 17.6. The van der Waals surface area contributed by atoms with E-state index in [9.17, 15) is 4.79 Å². The fourth-order valence-electron chi connectivity index (χ4n) is 2.26. The minimum absolute atomic E-state index is 0.0517. The summed E-state index contributed by atoms with van der Waals surface area (Å²) in [5.74, 6) is 1.02. The zero-order valence-corrected chi connectivity index (χ0v) is 15.2. The molecule has 0 unspecified atom stereocenters. The Labute approximate surface area is 155 Å². The van der Waals surface area contributed by atoms with Crippen LogP contribution in [0.1, 0.15) is 5.56 Å². The van der Waals surface area contributed by atoms with Crippen molar-refractivity contribution in [3.05, 3.63) is 65.2 Å². The summed E-state index contributed by atoms with van der Waals surface area (Å²) in [4.78, 5) is 12.0. The van der Waals surface area contributed by atoms with Gasteiger partial charge in [0.15, 0.2) is 11.0 Å². The van der Waals surface area contributed by atoms with Crippen molar-refractivity contribution in [1.82, 2.24) is 20.1 Å². The van der Waals surface area contributed by atoms with Gasteiger partial charge in [0.25, 0.3) is 0 Å². The first-order valence-electron chi connectivity index (χ1n) is 7.72. The molecule has 0 fully saturated rings. The molecule has 0 bridgehead atoms. The third kappa shape index (κ3) is 4.61. The fraction of sp³-hybridized carbons (Fsp3) is 0.167. The highest BCUT2D eigenvalue weighted by Gasteiger charge is 2.12. The van der Waals surface area contributed by atoms with Gasteiger partial charge in [0.05, 0.1) is 5.75 Å². The van der Waals surface area contributed by atoms with Gasteiger partial charge in [-0.25, -0.2) is 0 Å². The lowest BCUT2D eigenvalue weighted by Gasteiger charge is -2.06. The lowest BCUT2D eigenvalue weighted by Crippen LogP contribution is -2.24. The molecule has 1 N–H and O–H groups in total. The van der Waals surface area contributed by atoms with E-state index in [1.165, 1.54) is 11.8 Å². The Hall–Kier alpha value is -2.31. The summed E-state index contributed by atoms with van der Waals surface area (Å²) in [7, 11) is 1.90. The fourth-order valence-corrected chi connectivity index (χ4v) is 3.13. The summed E-state index contributed by atoms with van der Waals surface area (Å²) in [6.45, 7) is 0.477. The van der Waals surface area contributed by atoms with Crippen molar-refractivity contribution >= 4 is 29.3 Å². The van der Waals surface area contributed by atoms with Crippen molar-refractivity contribution in [2.75, 3.05) is 5.75 Å². The van der Waals surface area contributed by atoms with Crippen molar-refractivity contribution in [3.63, 3.8) is 0 Å². The number of halogens is 1. The van der Waals surface area contributed by atoms with Crippen LogP contribution in [0, 0.1) is 0 Å². The summed E-state index contributed by atoms with van der Waals surface area (Å²) in [5, 5.41) is 12.7. The molecule has 0 aliphatic heterocycles. The molecule has 0 spiro atoms. The van der Waals surface area contributed by atoms with Crippen molar-refractivity contribution in [1.29, 1.82) is 0 Å². The number of nitrogens with one attached hydrogen (secondary N) is 1. The largest absolute Gasteiger partial charge is 0.351 e. The normalized spacial score (nSPS) is 10.6. The lowest BCUT2D eigenvalue weighted by atomic mass is 10.2. The molecule has 25 heavy (non-hydrogen) atoms. The monoisotopic (exact) mass is 372 g/mol. The summed E-state index contributed by atoms with van der Waals surface area (Å²) < 4.78 is 1.90. The van der Waals surface area contributed by atoms with Gasteiger partial charge in [-0.2, -0.15) is 0 Å². The van der Waals surface area contributed by atoms with E-state index < -0.39 is 0 Å². The maximum Gasteiger partial charge on any atom is 0.230 e. The molecule has 0 radical (unpaired) electrons. The molecule has 3 aromatic rings. The standard InChI is InChI=1S/C18H17ClN4OS/c1-23-17(14-5-3-2-4-6-14)21-22-18(23)25-12-16(24)20-11-13-7-9-15(19)10-8-13/h2-10H,11-12H2,1H3,(H,20,24). The second-order valence-corrected chi connectivity index (χ2v) is 6.80. The molecule has 0 saturated heterocycles. The van der Waals surface area contributed by atoms with E-state index in [-0.39, 0.29) is 11.7 Å². The summed E-state index contributed by atoms with van der Waals surface area (Å²) in [5.41, 5.74) is 2.00. The Kier molecular flexibility index (Phi) is 5.73. The highest BCUT2D eigenvalue weighted by atomic mass is 35.5. The first-order chi connectivity index (χ1) is 12.1. The summed E-state index contributed by atoms with van der Waals surface area (Å²) >= 11 is 7.21. The molecule has 1 amide bonds. The van der Waals surface area contributed by atoms with E-state index in [0.717, 1.165) is 17.0 Å². The van der Waals surface area contributed by atoms with Gasteiger partial charge in [-0.05, 0) is 17.7 Å². The van der Waals surface area contributed by atoms with Crippen LogP contribution in [0.4, 0.5) is 0 Å². The number of carbonyl (C=O) groups excluding carboxylic acids is 1. The lowest BCUT2D eigenvalue weighted by molar-refractivity contribution is -0.118. The maximum absolute atomic E-state index is 12.0. The number of amides is 1. The van der Waals surface area contributed by atoms with Crippen LogP contribution >= 0.6 is 23.4 Å². The number of benzene rings is 2. The van der Waals surface area contributed by atoms with Gasteiger partial charge < -0.3 is 9.88 Å². The van der Waals surface area contributed by atoms with Gasteiger partial charge in [0, 0.05) is 24.2 Å². The van der Waals surface area contributed by atoms with E-state index in [1.54, 1.807) is 0 Å². The van der Waals surface area contributed by atoms with Gasteiger partial charge in [-0.15, -0.1) is 10.2 Å². The molecule has 3 rings (SSSR count). The van der Waals surface area contributed by atoms with E-state index in [0.29, 0.717) is 16.7 Å². The molecular weight excluding hydrogens is 356 g/mol. The minimum atomic E-state index is -0.0517. The topological polar surface area (TPSA) is 59.8 Å². The zero-order valence-electron chi connectivity index (χ0n) is 13.6. The van der Waals surface area contributed by atoms with Crippen LogP contribution in [0.2, 0.25) is 5.02 Å². The molecule has 128 valence electrons. The Morgan fingerprint density at radius 3 is 2.56 bits per heavy atom. The van der Waals surface area contributed by atoms with E-state index in [4.69, 9.17) is 11.6 Å². The van der Waals surface area contributed by atoms with Crippen LogP contribution in [0.15, 0.2) is 59.8 Å². The average molecular weight is 373 g/mol. The molecule has 0 aliphatic carbocycles. The molecule has 2 aromatic carbocycles. The van der Waals surface area contributed by atoms with Gasteiger partial charge >= 0.3 is 0 Å². The molecular formula is C18H17ClN4OS. The van der Waals surface area contributed by atoms with Crippen molar-refractivity contribution < 1.29 is 4.79 Å². The second kappa shape index (κ2) is 8.18. The van der Waals surface area contributed by atoms with E-state index in [2.05, 4.69) is 15.5 Å². The highest BCUT2D eigenvalue weighted by molar-refractivity contribution is 7.99. The minimum Gasteiger partial charge on any atom is -0.351 e. The number of thioether (sulfide) groups is 1. The van der Waals surface area contributed by atoms with E-state index >= 15 is 0 Å². The molecule has 1 heterocycles. The van der Waals surface area contributed by atoms with Crippen LogP contribution in [0.3, 0.4) is 0 Å². The number of nitrogens with zero attached hydrogens (tertiary/aromatic N) is 3. The van der Waals surface area contributed by atoms with Gasteiger partial charge in [0.2, 0.25) is 5.91 Å².